The third-order valence-corrected chi connectivity index (χ3v) is 3.77. The van der Waals surface area contributed by atoms with Gasteiger partial charge in [-0.2, -0.15) is 18.4 Å². The lowest BCUT2D eigenvalue weighted by Gasteiger charge is -2.38. The highest BCUT2D eigenvalue weighted by Gasteiger charge is 2.33. The fraction of sp³-hybridized carbons (Fsp3) is 0.235. The number of hydrogen-bond donors (Lipinski definition) is 1. The van der Waals surface area contributed by atoms with Crippen LogP contribution in [0.15, 0.2) is 42.6 Å². The molecule has 26 heavy (non-hydrogen) atoms. The molecule has 3 rings (SSSR count). The Kier molecular flexibility index (Phi) is 4.67. The summed E-state index contributed by atoms with van der Waals surface area (Å²) >= 11 is 0. The summed E-state index contributed by atoms with van der Waals surface area (Å²) in [5.74, 6) is 0.211. The highest BCUT2D eigenvalue weighted by Crippen LogP contribution is 2.30. The summed E-state index contributed by atoms with van der Waals surface area (Å²) in [6.45, 7) is 0.571. The molecular weight excluding hydrogens is 349 g/mol. The molecule has 0 unspecified atom stereocenters. The van der Waals surface area contributed by atoms with Crippen molar-refractivity contribution < 1.29 is 22.7 Å². The van der Waals surface area contributed by atoms with E-state index in [9.17, 15) is 18.0 Å². The maximum atomic E-state index is 12.5. The summed E-state index contributed by atoms with van der Waals surface area (Å²) in [4.78, 5) is 17.5. The van der Waals surface area contributed by atoms with Crippen LogP contribution in [0, 0.1) is 11.3 Å². The second-order valence-electron chi connectivity index (χ2n) is 5.62. The molecule has 1 saturated heterocycles. The molecular formula is C17H13F3N4O2. The summed E-state index contributed by atoms with van der Waals surface area (Å²) in [6, 6.07) is 8.93. The minimum absolute atomic E-state index is 0.211. The highest BCUT2D eigenvalue weighted by atomic mass is 19.4. The van der Waals surface area contributed by atoms with Crippen LogP contribution >= 0.6 is 0 Å². The van der Waals surface area contributed by atoms with Gasteiger partial charge in [0.2, 0.25) is 5.88 Å². The largest absolute Gasteiger partial charge is 0.470 e. The van der Waals surface area contributed by atoms with Crippen molar-refractivity contribution in [3.63, 3.8) is 0 Å². The number of halogens is 3. The number of pyridine rings is 1. The van der Waals surface area contributed by atoms with E-state index in [2.05, 4.69) is 10.3 Å². The van der Waals surface area contributed by atoms with Crippen LogP contribution in [-0.2, 0) is 6.18 Å². The Morgan fingerprint density at radius 3 is 2.58 bits per heavy atom. The summed E-state index contributed by atoms with van der Waals surface area (Å²) in [6.07, 6.45) is -3.21. The predicted octanol–water partition coefficient (Wildman–Crippen LogP) is 3.27. The number of rotatable bonds is 3. The zero-order valence-corrected chi connectivity index (χ0v) is 13.3. The van der Waals surface area contributed by atoms with Gasteiger partial charge in [0.25, 0.3) is 0 Å². The zero-order valence-electron chi connectivity index (χ0n) is 13.3. The molecule has 0 radical (unpaired) electrons. The number of nitriles is 1. The molecule has 1 N–H and O–H groups in total. The summed E-state index contributed by atoms with van der Waals surface area (Å²) in [5, 5.41) is 11.5. The second kappa shape index (κ2) is 6.92. The van der Waals surface area contributed by atoms with Gasteiger partial charge < -0.3 is 15.0 Å². The molecule has 2 aromatic rings. The third-order valence-electron chi connectivity index (χ3n) is 3.77. The number of hydrogen-bond acceptors (Lipinski definition) is 4. The van der Waals surface area contributed by atoms with Crippen LogP contribution in [0.5, 0.6) is 5.88 Å². The van der Waals surface area contributed by atoms with E-state index in [1.807, 2.05) is 6.07 Å². The molecule has 0 aliphatic carbocycles. The molecule has 6 nitrogen and oxygen atoms in total. The fourth-order valence-corrected chi connectivity index (χ4v) is 2.35. The number of anilines is 1. The third kappa shape index (κ3) is 3.85. The van der Waals surface area contributed by atoms with E-state index in [-0.39, 0.29) is 30.8 Å². The Bertz CT molecular complexity index is 840. The molecule has 1 aliphatic heterocycles. The van der Waals surface area contributed by atoms with Crippen molar-refractivity contribution in [1.82, 2.24) is 9.88 Å². The molecule has 0 atom stereocenters. The van der Waals surface area contributed by atoms with Crippen molar-refractivity contribution >= 4 is 11.7 Å². The van der Waals surface area contributed by atoms with Gasteiger partial charge in [-0.25, -0.2) is 9.78 Å². The number of benzene rings is 1. The standard InChI is InChI=1S/C17H13F3N4O2/c18-17(19,20)12-3-5-13(6-4-12)23-16(25)24-9-14(10-24)26-15-11(8-21)2-1-7-22-15/h1-7,14H,9-10H2,(H,23,25). The molecule has 1 aromatic carbocycles. The van der Waals surface area contributed by atoms with Gasteiger partial charge in [-0.05, 0) is 36.4 Å². The average Bonchev–Trinajstić information content (AvgIpc) is 2.57. The topological polar surface area (TPSA) is 78.2 Å². The predicted molar refractivity (Wildman–Crippen MR) is 85.4 cm³/mol. The summed E-state index contributed by atoms with van der Waals surface area (Å²) in [5.41, 5.74) is -0.208. The van der Waals surface area contributed by atoms with Crippen LogP contribution in [0.1, 0.15) is 11.1 Å². The van der Waals surface area contributed by atoms with Gasteiger partial charge in [-0.3, -0.25) is 0 Å². The first-order valence-corrected chi connectivity index (χ1v) is 7.62. The molecule has 0 spiro atoms. The Labute approximate surface area is 146 Å². The zero-order chi connectivity index (χ0) is 18.7. The van der Waals surface area contributed by atoms with Crippen molar-refractivity contribution in [3.8, 4) is 11.9 Å². The van der Waals surface area contributed by atoms with E-state index in [4.69, 9.17) is 10.00 Å². The molecule has 1 fully saturated rings. The molecule has 2 amide bonds. The summed E-state index contributed by atoms with van der Waals surface area (Å²) in [7, 11) is 0. The van der Waals surface area contributed by atoms with Gasteiger partial charge in [0.15, 0.2) is 0 Å². The Morgan fingerprint density at radius 1 is 1.27 bits per heavy atom. The number of carbonyl (C=O) groups excluding carboxylic acids is 1. The van der Waals surface area contributed by atoms with Crippen molar-refractivity contribution in [1.29, 1.82) is 5.26 Å². The van der Waals surface area contributed by atoms with Gasteiger partial charge in [0, 0.05) is 11.9 Å². The number of nitrogens with zero attached hydrogens (tertiary/aromatic N) is 3. The molecule has 1 aliphatic rings. The first-order valence-electron chi connectivity index (χ1n) is 7.62. The maximum Gasteiger partial charge on any atom is 0.416 e. The second-order valence-corrected chi connectivity index (χ2v) is 5.62. The van der Waals surface area contributed by atoms with Gasteiger partial charge in [0.05, 0.1) is 18.7 Å². The normalized spacial score (nSPS) is 14.3. The van der Waals surface area contributed by atoms with E-state index < -0.39 is 17.8 Å². The first kappa shape index (κ1) is 17.5. The number of likely N-dealkylation sites (tertiary alicyclic amines) is 1. The van der Waals surface area contributed by atoms with Crippen molar-refractivity contribution in [2.24, 2.45) is 0 Å². The van der Waals surface area contributed by atoms with Crippen LogP contribution in [0.25, 0.3) is 0 Å². The monoisotopic (exact) mass is 362 g/mol. The van der Waals surface area contributed by atoms with E-state index >= 15 is 0 Å². The smallest absolute Gasteiger partial charge is 0.416 e. The Balaban J connectivity index is 1.51. The lowest BCUT2D eigenvalue weighted by atomic mass is 10.1. The lowest BCUT2D eigenvalue weighted by molar-refractivity contribution is -0.137. The molecule has 0 saturated carbocycles. The number of ether oxygens (including phenoxy) is 1. The lowest BCUT2D eigenvalue weighted by Crippen LogP contribution is -2.57. The quantitative estimate of drug-likeness (QED) is 0.909. The van der Waals surface area contributed by atoms with Crippen LogP contribution in [0.2, 0.25) is 0 Å². The van der Waals surface area contributed by atoms with Gasteiger partial charge in [-0.1, -0.05) is 0 Å². The number of nitrogens with one attached hydrogen (secondary N) is 1. The van der Waals surface area contributed by atoms with Crippen LogP contribution in [0.4, 0.5) is 23.7 Å². The van der Waals surface area contributed by atoms with Crippen molar-refractivity contribution in [2.75, 3.05) is 18.4 Å². The van der Waals surface area contributed by atoms with Crippen LogP contribution in [-0.4, -0.2) is 35.1 Å². The number of carbonyl (C=O) groups is 1. The van der Waals surface area contributed by atoms with Gasteiger partial charge in [0.1, 0.15) is 17.7 Å². The highest BCUT2D eigenvalue weighted by molar-refractivity contribution is 5.89. The van der Waals surface area contributed by atoms with Crippen molar-refractivity contribution in [3.05, 3.63) is 53.7 Å². The number of urea groups is 1. The van der Waals surface area contributed by atoms with Gasteiger partial charge >= 0.3 is 12.2 Å². The fourth-order valence-electron chi connectivity index (χ4n) is 2.35. The summed E-state index contributed by atoms with van der Waals surface area (Å²) < 4.78 is 43.1. The SMILES string of the molecule is N#Cc1cccnc1OC1CN(C(=O)Nc2ccc(C(F)(F)F)cc2)C1. The van der Waals surface area contributed by atoms with E-state index in [0.717, 1.165) is 12.1 Å². The Morgan fingerprint density at radius 2 is 1.96 bits per heavy atom. The average molecular weight is 362 g/mol. The maximum absolute atomic E-state index is 12.5. The molecule has 9 heteroatoms. The molecule has 0 bridgehead atoms. The molecule has 134 valence electrons. The first-order chi connectivity index (χ1) is 12.4. The van der Waals surface area contributed by atoms with E-state index in [0.29, 0.717) is 5.56 Å². The number of alkyl halides is 3. The van der Waals surface area contributed by atoms with E-state index in [1.54, 1.807) is 12.1 Å². The molecule has 1 aromatic heterocycles. The van der Waals surface area contributed by atoms with Crippen LogP contribution in [0.3, 0.4) is 0 Å². The van der Waals surface area contributed by atoms with Gasteiger partial charge in [-0.15, -0.1) is 0 Å². The van der Waals surface area contributed by atoms with E-state index in [1.165, 1.54) is 23.2 Å². The molecule has 2 heterocycles. The Hall–Kier alpha value is -3.28. The number of aromatic nitrogens is 1. The number of amides is 2. The minimum atomic E-state index is -4.42. The minimum Gasteiger partial charge on any atom is -0.470 e. The van der Waals surface area contributed by atoms with Crippen molar-refractivity contribution in [2.45, 2.75) is 12.3 Å². The van der Waals surface area contributed by atoms with Crippen LogP contribution < -0.4 is 10.1 Å².